The molecular weight excluding hydrogens is 279 g/mol. The van der Waals surface area contributed by atoms with Gasteiger partial charge in [-0.15, -0.1) is 0 Å². The van der Waals surface area contributed by atoms with E-state index in [1.807, 2.05) is 0 Å². The predicted molar refractivity (Wildman–Crippen MR) is 68.2 cm³/mol. The van der Waals surface area contributed by atoms with Gasteiger partial charge in [0.05, 0.1) is 5.25 Å². The van der Waals surface area contributed by atoms with Crippen molar-refractivity contribution in [1.29, 1.82) is 0 Å². The second kappa shape index (κ2) is 5.13. The highest BCUT2D eigenvalue weighted by molar-refractivity contribution is 7.90. The van der Waals surface area contributed by atoms with E-state index in [9.17, 15) is 12.8 Å². The fraction of sp³-hybridized carbons (Fsp3) is 0.455. The van der Waals surface area contributed by atoms with Crippen LogP contribution in [0.5, 0.6) is 0 Å². The average molecular weight is 293 g/mol. The second-order valence-electron chi connectivity index (χ2n) is 4.23. The maximum Gasteiger partial charge on any atom is 0.218 e. The van der Waals surface area contributed by atoms with Crippen LogP contribution in [0, 0.1) is 5.82 Å². The van der Waals surface area contributed by atoms with Crippen molar-refractivity contribution in [2.24, 2.45) is 5.73 Å². The van der Waals surface area contributed by atoms with Crippen LogP contribution in [0.3, 0.4) is 0 Å². The Balaban J connectivity index is 2.26. The Bertz CT molecular complexity index is 530. The van der Waals surface area contributed by atoms with E-state index in [0.717, 1.165) is 0 Å². The molecule has 7 heteroatoms. The molecule has 1 aliphatic rings. The molecular formula is C11H14ClFN2O2S. The fourth-order valence-electron chi connectivity index (χ4n) is 2.04. The molecule has 100 valence electrons. The molecule has 1 aromatic rings. The lowest BCUT2D eigenvalue weighted by Gasteiger charge is -2.17. The van der Waals surface area contributed by atoms with Gasteiger partial charge < -0.3 is 5.73 Å². The molecule has 0 aliphatic carbocycles. The quantitative estimate of drug-likeness (QED) is 0.914. The van der Waals surface area contributed by atoms with Gasteiger partial charge in [0, 0.05) is 30.2 Å². The van der Waals surface area contributed by atoms with Gasteiger partial charge in [0.2, 0.25) is 10.0 Å². The summed E-state index contributed by atoms with van der Waals surface area (Å²) in [6.45, 7) is 0.406. The molecule has 0 bridgehead atoms. The molecule has 1 aliphatic heterocycles. The van der Waals surface area contributed by atoms with E-state index < -0.39 is 21.1 Å². The third kappa shape index (κ3) is 2.38. The van der Waals surface area contributed by atoms with Crippen molar-refractivity contribution >= 4 is 21.6 Å². The van der Waals surface area contributed by atoms with Crippen molar-refractivity contribution in [3.63, 3.8) is 0 Å². The van der Waals surface area contributed by atoms with Crippen molar-refractivity contribution in [3.05, 3.63) is 34.6 Å². The first-order chi connectivity index (χ1) is 8.46. The predicted octanol–water partition coefficient (Wildman–Crippen LogP) is 1.34. The van der Waals surface area contributed by atoms with E-state index in [4.69, 9.17) is 17.3 Å². The molecule has 0 amide bonds. The Kier molecular flexibility index (Phi) is 3.91. The third-order valence-electron chi connectivity index (χ3n) is 3.14. The molecule has 0 spiro atoms. The van der Waals surface area contributed by atoms with Crippen molar-refractivity contribution in [1.82, 2.24) is 4.31 Å². The number of sulfonamides is 1. The summed E-state index contributed by atoms with van der Waals surface area (Å²) in [5.74, 6) is -0.492. The first-order valence-corrected chi connectivity index (χ1v) is 7.47. The van der Waals surface area contributed by atoms with Crippen LogP contribution in [0.1, 0.15) is 12.0 Å². The molecule has 0 aromatic heterocycles. The smallest absolute Gasteiger partial charge is 0.218 e. The van der Waals surface area contributed by atoms with Crippen LogP contribution in [0.25, 0.3) is 0 Å². The summed E-state index contributed by atoms with van der Waals surface area (Å²) in [5, 5.41) is -0.329. The van der Waals surface area contributed by atoms with Gasteiger partial charge in [-0.1, -0.05) is 17.7 Å². The number of nitrogens with two attached hydrogens (primary N) is 1. The van der Waals surface area contributed by atoms with E-state index in [-0.39, 0.29) is 23.7 Å². The summed E-state index contributed by atoms with van der Waals surface area (Å²) in [5.41, 5.74) is 5.63. The van der Waals surface area contributed by atoms with E-state index in [1.54, 1.807) is 6.07 Å². The van der Waals surface area contributed by atoms with E-state index in [2.05, 4.69) is 0 Å². The summed E-state index contributed by atoms with van der Waals surface area (Å²) in [4.78, 5) is 0. The van der Waals surface area contributed by atoms with Crippen LogP contribution in [0.4, 0.5) is 4.39 Å². The number of hydrogen-bond donors (Lipinski definition) is 1. The van der Waals surface area contributed by atoms with Gasteiger partial charge in [0.15, 0.2) is 0 Å². The van der Waals surface area contributed by atoms with E-state index in [0.29, 0.717) is 13.0 Å². The maximum absolute atomic E-state index is 13.6. The number of halogens is 2. The van der Waals surface area contributed by atoms with Gasteiger partial charge in [-0.05, 0) is 18.6 Å². The Hall–Kier alpha value is -0.690. The second-order valence-corrected chi connectivity index (χ2v) is 6.85. The van der Waals surface area contributed by atoms with Crippen molar-refractivity contribution in [2.45, 2.75) is 18.2 Å². The van der Waals surface area contributed by atoms with E-state index in [1.165, 1.54) is 16.4 Å². The van der Waals surface area contributed by atoms with Gasteiger partial charge in [0.1, 0.15) is 5.82 Å². The van der Waals surface area contributed by atoms with Gasteiger partial charge in [-0.2, -0.15) is 4.31 Å². The Morgan fingerprint density at radius 3 is 2.78 bits per heavy atom. The van der Waals surface area contributed by atoms with Crippen LogP contribution in [-0.4, -0.2) is 31.1 Å². The molecule has 1 aromatic carbocycles. The molecule has 0 radical (unpaired) electrons. The maximum atomic E-state index is 13.6. The lowest BCUT2D eigenvalue weighted by atomic mass is 10.2. The monoisotopic (exact) mass is 292 g/mol. The van der Waals surface area contributed by atoms with Crippen molar-refractivity contribution < 1.29 is 12.8 Å². The lowest BCUT2D eigenvalue weighted by Crippen LogP contribution is -2.33. The van der Waals surface area contributed by atoms with Crippen molar-refractivity contribution in [2.75, 3.05) is 13.1 Å². The van der Waals surface area contributed by atoms with Crippen LogP contribution in [0.15, 0.2) is 18.2 Å². The standard InChI is InChI=1S/C11H14ClFN2O2S/c12-10-2-1-3-11(13)9(10)7-15-5-4-8(6-14)18(15,16)17/h1-3,8H,4-7,14H2. The fourth-order valence-corrected chi connectivity index (χ4v) is 4.00. The Morgan fingerprint density at radius 2 is 2.22 bits per heavy atom. The first-order valence-electron chi connectivity index (χ1n) is 5.58. The zero-order chi connectivity index (χ0) is 13.3. The molecule has 2 rings (SSSR count). The molecule has 0 saturated carbocycles. The normalized spacial score (nSPS) is 23.4. The number of hydrogen-bond acceptors (Lipinski definition) is 3. The molecule has 1 saturated heterocycles. The number of rotatable bonds is 3. The SMILES string of the molecule is NCC1CCN(Cc2c(F)cccc2Cl)S1(=O)=O. The minimum Gasteiger partial charge on any atom is -0.329 e. The van der Waals surface area contributed by atoms with Gasteiger partial charge >= 0.3 is 0 Å². The zero-order valence-electron chi connectivity index (χ0n) is 9.64. The minimum absolute atomic E-state index is 0.0374. The molecule has 4 nitrogen and oxygen atoms in total. The highest BCUT2D eigenvalue weighted by Gasteiger charge is 2.38. The lowest BCUT2D eigenvalue weighted by molar-refractivity contribution is 0.430. The van der Waals surface area contributed by atoms with Crippen LogP contribution in [0.2, 0.25) is 5.02 Å². The average Bonchev–Trinajstić information content (AvgIpc) is 2.59. The number of benzene rings is 1. The van der Waals surface area contributed by atoms with Crippen LogP contribution < -0.4 is 5.73 Å². The summed E-state index contributed by atoms with van der Waals surface area (Å²) < 4.78 is 38.9. The molecule has 1 unspecified atom stereocenters. The van der Waals surface area contributed by atoms with Gasteiger partial charge in [-0.3, -0.25) is 0 Å². The molecule has 1 fully saturated rings. The first kappa shape index (κ1) is 13.7. The molecule has 1 atom stereocenters. The Morgan fingerprint density at radius 1 is 1.50 bits per heavy atom. The Labute approximate surface area is 111 Å². The largest absolute Gasteiger partial charge is 0.329 e. The number of nitrogens with zero attached hydrogens (tertiary/aromatic N) is 1. The minimum atomic E-state index is -3.43. The van der Waals surface area contributed by atoms with Gasteiger partial charge in [-0.25, -0.2) is 12.8 Å². The summed E-state index contributed by atoms with van der Waals surface area (Å²) in [7, 11) is -3.43. The highest BCUT2D eigenvalue weighted by Crippen LogP contribution is 2.27. The summed E-state index contributed by atoms with van der Waals surface area (Å²) >= 11 is 5.89. The van der Waals surface area contributed by atoms with E-state index >= 15 is 0 Å². The summed E-state index contributed by atoms with van der Waals surface area (Å²) in [6, 6.07) is 4.30. The topological polar surface area (TPSA) is 63.4 Å². The molecule has 18 heavy (non-hydrogen) atoms. The molecule has 1 heterocycles. The van der Waals surface area contributed by atoms with Crippen LogP contribution in [-0.2, 0) is 16.6 Å². The highest BCUT2D eigenvalue weighted by atomic mass is 35.5. The van der Waals surface area contributed by atoms with Crippen LogP contribution >= 0.6 is 11.6 Å². The molecule has 2 N–H and O–H groups in total. The summed E-state index contributed by atoms with van der Waals surface area (Å²) in [6.07, 6.45) is 0.477. The van der Waals surface area contributed by atoms with Crippen molar-refractivity contribution in [3.8, 4) is 0 Å². The zero-order valence-corrected chi connectivity index (χ0v) is 11.2. The van der Waals surface area contributed by atoms with Gasteiger partial charge in [0.25, 0.3) is 0 Å². The third-order valence-corrected chi connectivity index (χ3v) is 5.80.